The SMILES string of the molecule is COc1cccc(CC(Br)c2cccc3ccccc23)c1. The number of fused-ring (bicyclic) bond motifs is 1. The predicted molar refractivity (Wildman–Crippen MR) is 92.3 cm³/mol. The van der Waals surface area contributed by atoms with Gasteiger partial charge in [0.15, 0.2) is 0 Å². The minimum Gasteiger partial charge on any atom is -0.497 e. The van der Waals surface area contributed by atoms with Crippen LogP contribution in [0.3, 0.4) is 0 Å². The number of benzene rings is 3. The molecule has 1 unspecified atom stereocenters. The van der Waals surface area contributed by atoms with Crippen molar-refractivity contribution >= 4 is 26.7 Å². The summed E-state index contributed by atoms with van der Waals surface area (Å²) in [7, 11) is 1.70. The first kappa shape index (κ1) is 14.2. The highest BCUT2D eigenvalue weighted by atomic mass is 79.9. The fourth-order valence-corrected chi connectivity index (χ4v) is 3.41. The molecule has 0 amide bonds. The Morgan fingerprint density at radius 3 is 2.57 bits per heavy atom. The summed E-state index contributed by atoms with van der Waals surface area (Å²) in [5, 5.41) is 2.59. The fraction of sp³-hybridized carbons (Fsp3) is 0.158. The van der Waals surface area contributed by atoms with Crippen LogP contribution in [0.15, 0.2) is 66.7 Å². The van der Waals surface area contributed by atoms with Gasteiger partial charge in [-0.3, -0.25) is 0 Å². The first-order chi connectivity index (χ1) is 10.3. The van der Waals surface area contributed by atoms with Gasteiger partial charge in [-0.25, -0.2) is 0 Å². The van der Waals surface area contributed by atoms with Crippen LogP contribution in [0.2, 0.25) is 0 Å². The van der Waals surface area contributed by atoms with Gasteiger partial charge in [-0.05, 0) is 40.5 Å². The summed E-state index contributed by atoms with van der Waals surface area (Å²) in [6.07, 6.45) is 0.936. The van der Waals surface area contributed by atoms with Crippen LogP contribution in [0.1, 0.15) is 16.0 Å². The van der Waals surface area contributed by atoms with Gasteiger partial charge in [0.05, 0.1) is 7.11 Å². The van der Waals surface area contributed by atoms with Gasteiger partial charge in [-0.15, -0.1) is 0 Å². The van der Waals surface area contributed by atoms with Crippen molar-refractivity contribution in [3.63, 3.8) is 0 Å². The standard InChI is InChI=1S/C19H17BrO/c1-21-16-9-4-6-14(12-16)13-19(20)18-11-5-8-15-7-2-3-10-17(15)18/h2-12,19H,13H2,1H3. The molecule has 3 aromatic rings. The first-order valence-electron chi connectivity index (χ1n) is 7.02. The Kier molecular flexibility index (Phi) is 4.26. The van der Waals surface area contributed by atoms with Crippen LogP contribution >= 0.6 is 15.9 Å². The summed E-state index contributed by atoms with van der Waals surface area (Å²) in [6, 6.07) is 23.2. The maximum atomic E-state index is 5.30. The lowest BCUT2D eigenvalue weighted by Crippen LogP contribution is -1.97. The Bertz CT molecular complexity index is 746. The molecule has 21 heavy (non-hydrogen) atoms. The van der Waals surface area contributed by atoms with Crippen LogP contribution in [0.4, 0.5) is 0 Å². The minimum absolute atomic E-state index is 0.288. The van der Waals surface area contributed by atoms with E-state index in [9.17, 15) is 0 Å². The van der Waals surface area contributed by atoms with Crippen molar-refractivity contribution < 1.29 is 4.74 Å². The molecular formula is C19H17BrO. The molecule has 106 valence electrons. The second-order valence-corrected chi connectivity index (χ2v) is 6.20. The topological polar surface area (TPSA) is 9.23 Å². The molecule has 1 atom stereocenters. The van der Waals surface area contributed by atoms with Gasteiger partial charge in [-0.2, -0.15) is 0 Å². The lowest BCUT2D eigenvalue weighted by molar-refractivity contribution is 0.414. The molecule has 0 saturated carbocycles. The van der Waals surface area contributed by atoms with E-state index in [-0.39, 0.29) is 4.83 Å². The molecule has 0 aliphatic carbocycles. The number of alkyl halides is 1. The lowest BCUT2D eigenvalue weighted by atomic mass is 9.98. The molecule has 0 fully saturated rings. The first-order valence-corrected chi connectivity index (χ1v) is 7.94. The highest BCUT2D eigenvalue weighted by Gasteiger charge is 2.12. The minimum atomic E-state index is 0.288. The Labute approximate surface area is 133 Å². The largest absolute Gasteiger partial charge is 0.497 e. The van der Waals surface area contributed by atoms with Crippen LogP contribution in [-0.2, 0) is 6.42 Å². The van der Waals surface area contributed by atoms with Crippen molar-refractivity contribution in [1.29, 1.82) is 0 Å². The molecule has 0 spiro atoms. The Balaban J connectivity index is 1.91. The van der Waals surface area contributed by atoms with Crippen LogP contribution in [-0.4, -0.2) is 7.11 Å². The van der Waals surface area contributed by atoms with E-state index in [2.05, 4.69) is 70.5 Å². The Morgan fingerprint density at radius 1 is 0.952 bits per heavy atom. The van der Waals surface area contributed by atoms with Crippen molar-refractivity contribution in [3.8, 4) is 5.75 Å². The molecule has 0 heterocycles. The van der Waals surface area contributed by atoms with Crippen molar-refractivity contribution in [3.05, 3.63) is 77.9 Å². The quantitative estimate of drug-likeness (QED) is 0.567. The molecule has 2 heteroatoms. The molecule has 1 nitrogen and oxygen atoms in total. The monoisotopic (exact) mass is 340 g/mol. The number of ether oxygens (including phenoxy) is 1. The van der Waals surface area contributed by atoms with Crippen molar-refractivity contribution in [1.82, 2.24) is 0 Å². The number of rotatable bonds is 4. The zero-order valence-corrected chi connectivity index (χ0v) is 13.5. The molecule has 0 N–H and O–H groups in total. The zero-order chi connectivity index (χ0) is 14.7. The molecule has 0 aromatic heterocycles. The van der Waals surface area contributed by atoms with E-state index in [1.807, 2.05) is 12.1 Å². The summed E-state index contributed by atoms with van der Waals surface area (Å²) < 4.78 is 5.30. The second kappa shape index (κ2) is 6.31. The number of methoxy groups -OCH3 is 1. The second-order valence-electron chi connectivity index (χ2n) is 5.09. The summed E-state index contributed by atoms with van der Waals surface area (Å²) >= 11 is 3.85. The molecule has 3 rings (SSSR count). The summed E-state index contributed by atoms with van der Waals surface area (Å²) in [5.41, 5.74) is 2.60. The predicted octanol–water partition coefficient (Wildman–Crippen LogP) is 5.53. The van der Waals surface area contributed by atoms with E-state index in [0.29, 0.717) is 0 Å². The Hall–Kier alpha value is -1.80. The third-order valence-corrected chi connectivity index (χ3v) is 4.53. The van der Waals surface area contributed by atoms with Gasteiger partial charge in [0.1, 0.15) is 5.75 Å². The van der Waals surface area contributed by atoms with E-state index in [0.717, 1.165) is 12.2 Å². The lowest BCUT2D eigenvalue weighted by Gasteiger charge is -2.14. The molecule has 0 bridgehead atoms. The normalized spacial score (nSPS) is 12.3. The van der Waals surface area contributed by atoms with Crippen LogP contribution in [0, 0.1) is 0 Å². The number of hydrogen-bond acceptors (Lipinski definition) is 1. The molecule has 3 aromatic carbocycles. The van der Waals surface area contributed by atoms with Crippen LogP contribution in [0.25, 0.3) is 10.8 Å². The van der Waals surface area contributed by atoms with Gasteiger partial charge in [-0.1, -0.05) is 70.5 Å². The fourth-order valence-electron chi connectivity index (χ4n) is 2.64. The van der Waals surface area contributed by atoms with E-state index >= 15 is 0 Å². The van der Waals surface area contributed by atoms with E-state index < -0.39 is 0 Å². The van der Waals surface area contributed by atoms with Crippen LogP contribution in [0.5, 0.6) is 5.75 Å². The number of halogens is 1. The number of hydrogen-bond donors (Lipinski definition) is 0. The van der Waals surface area contributed by atoms with Crippen LogP contribution < -0.4 is 4.74 Å². The highest BCUT2D eigenvalue weighted by Crippen LogP contribution is 2.33. The zero-order valence-electron chi connectivity index (χ0n) is 11.9. The maximum Gasteiger partial charge on any atom is 0.119 e. The van der Waals surface area contributed by atoms with E-state index in [4.69, 9.17) is 4.74 Å². The third-order valence-electron chi connectivity index (χ3n) is 3.71. The highest BCUT2D eigenvalue weighted by molar-refractivity contribution is 9.09. The maximum absolute atomic E-state index is 5.30. The molecule has 0 saturated heterocycles. The summed E-state index contributed by atoms with van der Waals surface area (Å²) in [6.45, 7) is 0. The molecule has 0 aliphatic heterocycles. The smallest absolute Gasteiger partial charge is 0.119 e. The summed E-state index contributed by atoms with van der Waals surface area (Å²) in [4.78, 5) is 0.288. The van der Waals surface area contributed by atoms with Gasteiger partial charge < -0.3 is 4.74 Å². The van der Waals surface area contributed by atoms with E-state index in [1.54, 1.807) is 7.11 Å². The van der Waals surface area contributed by atoms with Gasteiger partial charge in [0.2, 0.25) is 0 Å². The average Bonchev–Trinajstić information content (AvgIpc) is 2.54. The average molecular weight is 341 g/mol. The van der Waals surface area contributed by atoms with Crippen molar-refractivity contribution in [2.75, 3.05) is 7.11 Å². The molecule has 0 radical (unpaired) electrons. The molecule has 0 aliphatic rings. The van der Waals surface area contributed by atoms with Crippen molar-refractivity contribution in [2.24, 2.45) is 0 Å². The Morgan fingerprint density at radius 2 is 1.71 bits per heavy atom. The van der Waals surface area contributed by atoms with E-state index in [1.165, 1.54) is 21.9 Å². The van der Waals surface area contributed by atoms with Gasteiger partial charge in [0, 0.05) is 4.83 Å². The third kappa shape index (κ3) is 3.11. The van der Waals surface area contributed by atoms with Gasteiger partial charge in [0.25, 0.3) is 0 Å². The van der Waals surface area contributed by atoms with Gasteiger partial charge >= 0.3 is 0 Å². The summed E-state index contributed by atoms with van der Waals surface area (Å²) in [5.74, 6) is 0.908. The van der Waals surface area contributed by atoms with Crippen molar-refractivity contribution in [2.45, 2.75) is 11.2 Å². The molecular weight excluding hydrogens is 324 g/mol.